The summed E-state index contributed by atoms with van der Waals surface area (Å²) in [6.07, 6.45) is 0. The fourth-order valence-corrected chi connectivity index (χ4v) is 0.933. The van der Waals surface area contributed by atoms with E-state index >= 15 is 0 Å². The van der Waals surface area contributed by atoms with Crippen LogP contribution in [0.4, 0.5) is 0 Å². The third-order valence-electron chi connectivity index (χ3n) is 0.744. The van der Waals surface area contributed by atoms with Crippen LogP contribution in [0, 0.1) is 0 Å². The largest absolute Gasteiger partial charge is 0.126 e. The molecule has 0 aromatic rings. The van der Waals surface area contributed by atoms with Crippen LogP contribution in [0.5, 0.6) is 0 Å². The van der Waals surface area contributed by atoms with Crippen molar-refractivity contribution in [1.82, 2.24) is 0 Å². The molecule has 0 atom stereocenters. The van der Waals surface area contributed by atoms with Crippen LogP contribution < -0.4 is 0 Å². The maximum absolute atomic E-state index is 5.54. The van der Waals surface area contributed by atoms with E-state index < -0.39 is 5.11 Å². The van der Waals surface area contributed by atoms with Crippen LogP contribution in [0.3, 0.4) is 0 Å². The molecular weight excluding hydrogens is 105 g/mol. The standard InChI is InChI=1S/C6H12B3/c1-5(2,3)9-6(4,7)8/h1-4H3. The fourth-order valence-electron chi connectivity index (χ4n) is 0.933. The molecule has 0 N–H and O–H groups in total. The SMILES string of the molecule is [B]C([B])(C)[B]C(C)(C)C. The predicted octanol–water partition coefficient (Wildman–Crippen LogP) is 1.34. The maximum Gasteiger partial charge on any atom is 0.105 e. The van der Waals surface area contributed by atoms with Gasteiger partial charge in [0.15, 0.2) is 0 Å². The molecule has 5 radical (unpaired) electrons. The van der Waals surface area contributed by atoms with Crippen molar-refractivity contribution < 1.29 is 0 Å². The lowest BCUT2D eigenvalue weighted by molar-refractivity contribution is 0.742. The van der Waals surface area contributed by atoms with Crippen LogP contribution >= 0.6 is 0 Å². The minimum absolute atomic E-state index is 0.109. The molecule has 0 heterocycles. The molecule has 0 aliphatic heterocycles. The summed E-state index contributed by atoms with van der Waals surface area (Å²) in [6, 6.07) is 0. The lowest BCUT2D eigenvalue weighted by atomic mass is 9.27. The van der Waals surface area contributed by atoms with Crippen molar-refractivity contribution in [3.05, 3.63) is 0 Å². The quantitative estimate of drug-likeness (QED) is 0.454. The summed E-state index contributed by atoms with van der Waals surface area (Å²) in [4.78, 5) is 0. The first-order valence-corrected chi connectivity index (χ1v) is 3.15. The molecule has 0 saturated heterocycles. The van der Waals surface area contributed by atoms with Gasteiger partial charge in [-0.1, -0.05) is 33.0 Å². The third kappa shape index (κ3) is 8.19. The van der Waals surface area contributed by atoms with Crippen molar-refractivity contribution in [3.8, 4) is 0 Å². The average Bonchev–Trinajstić information content (AvgIpc) is 1.14. The van der Waals surface area contributed by atoms with E-state index in [1.165, 1.54) is 0 Å². The highest BCUT2D eigenvalue weighted by Crippen LogP contribution is 2.29. The van der Waals surface area contributed by atoms with Crippen LogP contribution in [0.1, 0.15) is 27.7 Å². The Kier molecular flexibility index (Phi) is 2.49. The lowest BCUT2D eigenvalue weighted by Crippen LogP contribution is -2.24. The zero-order valence-electron chi connectivity index (χ0n) is 6.73. The van der Waals surface area contributed by atoms with Crippen LogP contribution in [0.15, 0.2) is 0 Å². The molecule has 0 aromatic heterocycles. The van der Waals surface area contributed by atoms with E-state index in [9.17, 15) is 0 Å². The fraction of sp³-hybridized carbons (Fsp3) is 1.00. The Morgan fingerprint density at radius 3 is 1.33 bits per heavy atom. The zero-order valence-corrected chi connectivity index (χ0v) is 6.73. The summed E-state index contributed by atoms with van der Waals surface area (Å²) in [5, 5.41) is -0.531. The minimum Gasteiger partial charge on any atom is -0.126 e. The highest BCUT2D eigenvalue weighted by atomic mass is 14.0. The Morgan fingerprint density at radius 1 is 1.00 bits per heavy atom. The second-order valence-electron chi connectivity index (χ2n) is 3.88. The second-order valence-corrected chi connectivity index (χ2v) is 3.88. The molecule has 0 bridgehead atoms. The Morgan fingerprint density at radius 2 is 1.33 bits per heavy atom. The minimum atomic E-state index is -0.641. The Labute approximate surface area is 61.9 Å². The van der Waals surface area contributed by atoms with Gasteiger partial charge in [0.1, 0.15) is 7.28 Å². The molecule has 0 saturated carbocycles. The lowest BCUT2D eigenvalue weighted by Gasteiger charge is -2.27. The Balaban J connectivity index is 3.75. The predicted molar refractivity (Wildman–Crippen MR) is 45.3 cm³/mol. The molecule has 0 fully saturated rings. The van der Waals surface area contributed by atoms with Crippen molar-refractivity contribution >= 4 is 23.0 Å². The van der Waals surface area contributed by atoms with E-state index in [1.54, 1.807) is 6.92 Å². The summed E-state index contributed by atoms with van der Waals surface area (Å²) in [7, 11) is 13.0. The monoisotopic (exact) mass is 117 g/mol. The van der Waals surface area contributed by atoms with E-state index in [-0.39, 0.29) is 5.31 Å². The van der Waals surface area contributed by atoms with Gasteiger partial charge in [-0.15, -0.1) is 5.11 Å². The summed E-state index contributed by atoms with van der Waals surface area (Å²) in [5.74, 6) is 0. The molecule has 0 aliphatic rings. The summed E-state index contributed by atoms with van der Waals surface area (Å²) >= 11 is 0. The summed E-state index contributed by atoms with van der Waals surface area (Å²) in [5.41, 5.74) is 0. The molecule has 0 aromatic carbocycles. The van der Waals surface area contributed by atoms with Crippen LogP contribution in [0.2, 0.25) is 10.4 Å². The molecule has 45 valence electrons. The summed E-state index contributed by atoms with van der Waals surface area (Å²) < 4.78 is 0. The first-order chi connectivity index (χ1) is 3.71. The van der Waals surface area contributed by atoms with Gasteiger partial charge < -0.3 is 0 Å². The van der Waals surface area contributed by atoms with E-state index in [1.807, 2.05) is 7.28 Å². The van der Waals surface area contributed by atoms with Gasteiger partial charge in [0.2, 0.25) is 0 Å². The van der Waals surface area contributed by atoms with Crippen molar-refractivity contribution in [2.24, 2.45) is 0 Å². The van der Waals surface area contributed by atoms with E-state index in [4.69, 9.17) is 15.7 Å². The second kappa shape index (κ2) is 2.44. The zero-order chi connectivity index (χ0) is 7.71. The smallest absolute Gasteiger partial charge is 0.105 e. The maximum atomic E-state index is 5.54. The first kappa shape index (κ1) is 9.19. The summed E-state index contributed by atoms with van der Waals surface area (Å²) in [6.45, 7) is 8.01. The molecule has 0 rings (SSSR count). The van der Waals surface area contributed by atoms with Crippen molar-refractivity contribution in [2.75, 3.05) is 0 Å². The van der Waals surface area contributed by atoms with Gasteiger partial charge in [0.25, 0.3) is 0 Å². The van der Waals surface area contributed by atoms with Gasteiger partial charge in [-0.25, -0.2) is 0 Å². The van der Waals surface area contributed by atoms with Crippen LogP contribution in [-0.2, 0) is 0 Å². The highest BCUT2D eigenvalue weighted by molar-refractivity contribution is 6.69. The van der Waals surface area contributed by atoms with Crippen molar-refractivity contribution in [2.45, 2.75) is 38.1 Å². The van der Waals surface area contributed by atoms with Gasteiger partial charge in [-0.2, -0.15) is 0 Å². The molecule has 0 spiro atoms. The first-order valence-electron chi connectivity index (χ1n) is 3.15. The van der Waals surface area contributed by atoms with Crippen LogP contribution in [-0.4, -0.2) is 23.0 Å². The molecule has 3 heteroatoms. The third-order valence-corrected chi connectivity index (χ3v) is 0.744. The normalized spacial score (nSPS) is 13.3. The Bertz CT molecular complexity index is 73.5. The number of hydrogen-bond donors (Lipinski definition) is 0. The van der Waals surface area contributed by atoms with Gasteiger partial charge >= 0.3 is 0 Å². The van der Waals surface area contributed by atoms with Gasteiger partial charge in [0.05, 0.1) is 15.7 Å². The van der Waals surface area contributed by atoms with Gasteiger partial charge in [-0.3, -0.25) is 0 Å². The van der Waals surface area contributed by atoms with Crippen molar-refractivity contribution in [3.63, 3.8) is 0 Å². The molecule has 0 amide bonds. The van der Waals surface area contributed by atoms with Crippen molar-refractivity contribution in [1.29, 1.82) is 0 Å². The highest BCUT2D eigenvalue weighted by Gasteiger charge is 2.21. The van der Waals surface area contributed by atoms with E-state index in [0.29, 0.717) is 0 Å². The van der Waals surface area contributed by atoms with Gasteiger partial charge in [-0.05, 0) is 0 Å². The molecule has 9 heavy (non-hydrogen) atoms. The van der Waals surface area contributed by atoms with E-state index in [2.05, 4.69) is 20.8 Å². The van der Waals surface area contributed by atoms with Crippen LogP contribution in [0.25, 0.3) is 0 Å². The van der Waals surface area contributed by atoms with Gasteiger partial charge in [0, 0.05) is 0 Å². The molecule has 0 aliphatic carbocycles. The molecular formula is C6H12B3. The average molecular weight is 117 g/mol. The molecule has 0 nitrogen and oxygen atoms in total. The topological polar surface area (TPSA) is 0 Å². The molecule has 0 unspecified atom stereocenters. The Hall–Kier alpha value is 0.195. The number of hydrogen-bond acceptors (Lipinski definition) is 0. The van der Waals surface area contributed by atoms with E-state index in [0.717, 1.165) is 0 Å². The number of rotatable bonds is 1.